The average molecular weight is 480 g/mol. The zero-order valence-electron chi connectivity index (χ0n) is 18.0. The maximum absolute atomic E-state index is 13.5. The highest BCUT2D eigenvalue weighted by molar-refractivity contribution is 8.01. The molecular weight excluding hydrogens is 456 g/mol. The maximum atomic E-state index is 13.5. The van der Waals surface area contributed by atoms with Gasteiger partial charge in [-0.1, -0.05) is 18.2 Å². The van der Waals surface area contributed by atoms with Crippen LogP contribution in [0, 0.1) is 0 Å². The summed E-state index contributed by atoms with van der Waals surface area (Å²) in [5.74, 6) is -0.903. The molecule has 4 heterocycles. The number of aromatic hydroxyl groups is 1. The molecule has 7 unspecified atom stereocenters. The van der Waals surface area contributed by atoms with Crippen molar-refractivity contribution in [1.29, 1.82) is 0 Å². The monoisotopic (exact) mass is 480 g/mol. The van der Waals surface area contributed by atoms with Gasteiger partial charge in [-0.25, -0.2) is 0 Å². The molecule has 7 atom stereocenters. The normalized spacial score (nSPS) is 39.4. The summed E-state index contributed by atoms with van der Waals surface area (Å²) in [4.78, 5) is 32.2. The van der Waals surface area contributed by atoms with Crippen LogP contribution in [0.15, 0.2) is 24.3 Å². The van der Waals surface area contributed by atoms with Gasteiger partial charge in [-0.05, 0) is 6.07 Å². The Morgan fingerprint density at radius 1 is 1.18 bits per heavy atom. The highest BCUT2D eigenvalue weighted by Gasteiger charge is 2.72. The minimum absolute atomic E-state index is 0.0855. The number of carbonyl (C=O) groups is 2. The van der Waals surface area contributed by atoms with Crippen molar-refractivity contribution in [2.45, 2.75) is 46.5 Å². The molecule has 4 saturated heterocycles. The van der Waals surface area contributed by atoms with Gasteiger partial charge >= 0.3 is 0 Å². The van der Waals surface area contributed by atoms with E-state index in [0.717, 1.165) is 16.8 Å². The first kappa shape index (κ1) is 22.3. The van der Waals surface area contributed by atoms with E-state index in [0.29, 0.717) is 11.3 Å². The number of rotatable bonds is 3. The summed E-state index contributed by atoms with van der Waals surface area (Å²) in [6.07, 6.45) is -1.91. The summed E-state index contributed by atoms with van der Waals surface area (Å²) >= 11 is 1.04. The third kappa shape index (κ3) is 2.72. The predicted octanol–water partition coefficient (Wildman–Crippen LogP) is -0.711. The van der Waals surface area contributed by atoms with E-state index in [1.165, 1.54) is 38.3 Å². The van der Waals surface area contributed by atoms with Crippen molar-refractivity contribution < 1.29 is 44.3 Å². The van der Waals surface area contributed by atoms with Crippen LogP contribution in [0.3, 0.4) is 0 Å². The fourth-order valence-corrected chi connectivity index (χ4v) is 7.13. The number of nitrogens with zero attached hydrogens (tertiary/aromatic N) is 2. The molecule has 2 amide bonds. The smallest absolute Gasteiger partial charge is 0.272 e. The number of aliphatic hydroxyl groups is 3. The van der Waals surface area contributed by atoms with E-state index in [1.54, 1.807) is 12.1 Å². The standard InChI is InChI=1S/C21H24N2O9S/c1-22-13-16(9-4-6-11(30-2)15(31-3)14(9)26)33-21(19(22)28)8-20(29)12(25)7-5-10(24)17(20)32-23(21)18(13)27/h4-7,10,12-13,16-17,24-26,29H,8H2,1-3H3. The van der Waals surface area contributed by atoms with Crippen LogP contribution in [-0.2, 0) is 14.4 Å². The molecule has 6 rings (SSSR count). The zero-order chi connectivity index (χ0) is 23.9. The fourth-order valence-electron chi connectivity index (χ4n) is 5.18. The number of hydrogen-bond acceptors (Lipinski definition) is 10. The number of thioether (sulfide) groups is 1. The van der Waals surface area contributed by atoms with Crippen LogP contribution in [0.25, 0.3) is 0 Å². The number of ether oxygens (including phenoxy) is 2. The second kappa shape index (κ2) is 7.24. The van der Waals surface area contributed by atoms with Gasteiger partial charge in [-0.3, -0.25) is 14.4 Å². The highest BCUT2D eigenvalue weighted by atomic mass is 32.2. The Morgan fingerprint density at radius 3 is 2.58 bits per heavy atom. The van der Waals surface area contributed by atoms with Crippen molar-refractivity contribution in [1.82, 2.24) is 9.96 Å². The number of benzene rings is 1. The summed E-state index contributed by atoms with van der Waals surface area (Å²) in [7, 11) is 4.27. The highest BCUT2D eigenvalue weighted by Crippen LogP contribution is 2.62. The first-order valence-corrected chi connectivity index (χ1v) is 11.1. The molecular formula is C21H24N2O9S. The van der Waals surface area contributed by atoms with Crippen molar-refractivity contribution in [3.63, 3.8) is 0 Å². The molecule has 1 aromatic carbocycles. The Morgan fingerprint density at radius 2 is 1.91 bits per heavy atom. The SMILES string of the molecule is COc1ccc(C2SC34CC5(O)C(O)C=CC(O)C5ON3C(=O)C2N(C)C4=O)c(O)c1OC. The zero-order valence-corrected chi connectivity index (χ0v) is 18.9. The van der Waals surface area contributed by atoms with Gasteiger partial charge in [0.2, 0.25) is 5.75 Å². The predicted molar refractivity (Wildman–Crippen MR) is 113 cm³/mol. The van der Waals surface area contributed by atoms with Crippen molar-refractivity contribution in [2.75, 3.05) is 21.3 Å². The summed E-state index contributed by atoms with van der Waals surface area (Å²) < 4.78 is 10.5. The number of fused-ring (bicyclic) bond motifs is 3. The molecule has 33 heavy (non-hydrogen) atoms. The van der Waals surface area contributed by atoms with E-state index in [-0.39, 0.29) is 17.9 Å². The van der Waals surface area contributed by atoms with E-state index in [4.69, 9.17) is 14.3 Å². The van der Waals surface area contributed by atoms with Gasteiger partial charge in [0.05, 0.1) is 19.5 Å². The molecule has 178 valence electrons. The second-order valence-corrected chi connectivity index (χ2v) is 9.99. The Hall–Kier alpha value is -2.51. The van der Waals surface area contributed by atoms with Gasteiger partial charge in [-0.2, -0.15) is 5.06 Å². The number of phenolic OH excluding ortho intramolecular Hbond substituents is 1. The molecule has 11 nitrogen and oxygen atoms in total. The van der Waals surface area contributed by atoms with Crippen molar-refractivity contribution in [3.05, 3.63) is 29.8 Å². The van der Waals surface area contributed by atoms with E-state index in [2.05, 4.69) is 0 Å². The molecule has 12 heteroatoms. The van der Waals surface area contributed by atoms with Crippen LogP contribution >= 0.6 is 11.8 Å². The topological polar surface area (TPSA) is 149 Å². The fraction of sp³-hybridized carbons (Fsp3) is 0.524. The first-order chi connectivity index (χ1) is 15.6. The van der Waals surface area contributed by atoms with Gasteiger partial charge in [-0.15, -0.1) is 11.8 Å². The second-order valence-electron chi connectivity index (χ2n) is 8.57. The molecule has 1 aliphatic carbocycles. The van der Waals surface area contributed by atoms with Crippen LogP contribution in [0.5, 0.6) is 17.2 Å². The first-order valence-electron chi connectivity index (χ1n) is 10.3. The van der Waals surface area contributed by atoms with E-state index in [9.17, 15) is 30.0 Å². The minimum Gasteiger partial charge on any atom is -0.504 e. The molecule has 1 aromatic rings. The van der Waals surface area contributed by atoms with Crippen molar-refractivity contribution in [2.24, 2.45) is 0 Å². The summed E-state index contributed by atoms with van der Waals surface area (Å²) in [5, 5.41) is 43.3. The summed E-state index contributed by atoms with van der Waals surface area (Å²) in [6, 6.07) is 2.15. The molecule has 0 radical (unpaired) electrons. The average Bonchev–Trinajstić information content (AvgIpc) is 2.78. The Bertz CT molecular complexity index is 1070. The van der Waals surface area contributed by atoms with Crippen LogP contribution in [0.2, 0.25) is 0 Å². The van der Waals surface area contributed by atoms with Gasteiger partial charge in [0.15, 0.2) is 16.4 Å². The van der Waals surface area contributed by atoms with Gasteiger partial charge in [0, 0.05) is 19.0 Å². The molecule has 2 bridgehead atoms. The lowest BCUT2D eigenvalue weighted by molar-refractivity contribution is -0.332. The van der Waals surface area contributed by atoms with Crippen LogP contribution < -0.4 is 9.47 Å². The Balaban J connectivity index is 1.63. The van der Waals surface area contributed by atoms with Crippen LogP contribution in [-0.4, -0.2) is 98.3 Å². The molecule has 0 saturated carbocycles. The maximum Gasteiger partial charge on any atom is 0.272 e. The molecule has 4 aliphatic heterocycles. The molecule has 5 aliphatic rings. The quantitative estimate of drug-likeness (QED) is 0.409. The number of hydrogen-bond donors (Lipinski definition) is 4. The third-order valence-electron chi connectivity index (χ3n) is 6.87. The molecule has 4 N–H and O–H groups in total. The molecule has 4 fully saturated rings. The lowest BCUT2D eigenvalue weighted by Crippen LogP contribution is -2.81. The van der Waals surface area contributed by atoms with E-state index in [1.807, 2.05) is 0 Å². The van der Waals surface area contributed by atoms with Gasteiger partial charge in [0.1, 0.15) is 30.0 Å². The molecule has 1 spiro atoms. The lowest BCUT2D eigenvalue weighted by Gasteiger charge is -2.63. The minimum atomic E-state index is -2.02. The largest absolute Gasteiger partial charge is 0.504 e. The van der Waals surface area contributed by atoms with E-state index >= 15 is 0 Å². The van der Waals surface area contributed by atoms with Crippen molar-refractivity contribution in [3.8, 4) is 17.2 Å². The summed E-state index contributed by atoms with van der Waals surface area (Å²) in [5.41, 5.74) is -1.68. The van der Waals surface area contributed by atoms with E-state index < -0.39 is 51.9 Å². The van der Waals surface area contributed by atoms with Gasteiger partial charge in [0.25, 0.3) is 11.8 Å². The summed E-state index contributed by atoms with van der Waals surface area (Å²) in [6.45, 7) is 0. The number of amides is 2. The third-order valence-corrected chi connectivity index (χ3v) is 8.51. The van der Waals surface area contributed by atoms with Crippen LogP contribution in [0.1, 0.15) is 17.2 Å². The Kier molecular flexibility index (Phi) is 4.89. The number of piperazine rings is 1. The Labute approximate surface area is 193 Å². The number of phenols is 1. The number of aliphatic hydroxyl groups excluding tert-OH is 2. The number of likely N-dealkylation sites (N-methyl/N-ethyl adjacent to an activating group) is 1. The van der Waals surface area contributed by atoms with Crippen molar-refractivity contribution >= 4 is 23.6 Å². The lowest BCUT2D eigenvalue weighted by atomic mass is 9.75. The molecule has 0 aromatic heterocycles. The number of carbonyl (C=O) groups excluding carboxylic acids is 2. The van der Waals surface area contributed by atoms with Gasteiger partial charge < -0.3 is 34.8 Å². The van der Waals surface area contributed by atoms with Crippen LogP contribution in [0.4, 0.5) is 0 Å². The number of hydroxylamine groups is 2. The number of methoxy groups -OCH3 is 2.